The maximum Gasteiger partial charge on any atom is 0.260 e. The highest BCUT2D eigenvalue weighted by Crippen LogP contribution is 2.41. The minimum Gasteiger partial charge on any atom is -0.486 e. The zero-order chi connectivity index (χ0) is 23.5. The molecule has 3 aliphatic rings. The summed E-state index contributed by atoms with van der Waals surface area (Å²) in [4.78, 5) is 22.2. The summed E-state index contributed by atoms with van der Waals surface area (Å²) in [5.41, 5.74) is 4.08. The highest BCUT2D eigenvalue weighted by molar-refractivity contribution is 6.36. The molecule has 0 saturated carbocycles. The number of hydrogen-bond donors (Lipinski definition) is 2. The number of aromatic nitrogens is 1. The van der Waals surface area contributed by atoms with Crippen LogP contribution in [0.4, 0.5) is 10.1 Å². The molecule has 4 heterocycles. The summed E-state index contributed by atoms with van der Waals surface area (Å²) >= 11 is 0. The first-order chi connectivity index (χ1) is 16.6. The molecule has 0 aliphatic carbocycles. The molecule has 5 rings (SSSR count). The number of anilines is 1. The van der Waals surface area contributed by atoms with Gasteiger partial charge in [-0.25, -0.2) is 4.39 Å². The van der Waals surface area contributed by atoms with E-state index in [2.05, 4.69) is 15.1 Å². The van der Waals surface area contributed by atoms with Gasteiger partial charge in [0, 0.05) is 68.2 Å². The van der Waals surface area contributed by atoms with Crippen LogP contribution in [0.3, 0.4) is 0 Å². The van der Waals surface area contributed by atoms with Crippen LogP contribution >= 0.6 is 0 Å². The summed E-state index contributed by atoms with van der Waals surface area (Å²) in [7, 11) is 0. The first kappa shape index (κ1) is 22.9. The summed E-state index contributed by atoms with van der Waals surface area (Å²) in [6.45, 7) is 7.29. The van der Waals surface area contributed by atoms with Crippen molar-refractivity contribution in [3.05, 3.63) is 58.7 Å². The van der Waals surface area contributed by atoms with Gasteiger partial charge in [-0.15, -0.1) is 0 Å². The van der Waals surface area contributed by atoms with Gasteiger partial charge in [0.1, 0.15) is 18.2 Å². The van der Waals surface area contributed by atoms with Crippen LogP contribution in [0, 0.1) is 5.82 Å². The maximum absolute atomic E-state index is 13.8. The van der Waals surface area contributed by atoms with Gasteiger partial charge in [0.2, 0.25) is 0 Å². The Kier molecular flexibility index (Phi) is 6.87. The third kappa shape index (κ3) is 4.83. The van der Waals surface area contributed by atoms with Crippen molar-refractivity contribution in [2.45, 2.75) is 13.0 Å². The summed E-state index contributed by atoms with van der Waals surface area (Å²) in [5, 5.41) is 11.6. The molecule has 1 fully saturated rings. The lowest BCUT2D eigenvalue weighted by atomic mass is 10.0. The number of carbonyl (C=O) groups excluding carboxylic acids is 1. The SMILES string of the molecule is O=C1Nc2ccc(F)cc2C1=C1OCc2nc(CCN3CCN(CCOCCO)CC3)ccc21. The van der Waals surface area contributed by atoms with Crippen LogP contribution < -0.4 is 5.32 Å². The Bertz CT molecular complexity index is 1100. The van der Waals surface area contributed by atoms with E-state index in [1.54, 1.807) is 6.07 Å². The van der Waals surface area contributed by atoms with Crippen LogP contribution in [0.15, 0.2) is 30.3 Å². The molecular weight excluding hydrogens is 439 g/mol. The Hall–Kier alpha value is -2.85. The van der Waals surface area contributed by atoms with Gasteiger partial charge >= 0.3 is 0 Å². The molecule has 0 radical (unpaired) electrons. The van der Waals surface area contributed by atoms with Crippen LogP contribution in [0.2, 0.25) is 0 Å². The van der Waals surface area contributed by atoms with Crippen molar-refractivity contribution >= 4 is 22.9 Å². The van der Waals surface area contributed by atoms with Crippen molar-refractivity contribution in [2.75, 3.05) is 64.4 Å². The quantitative estimate of drug-likeness (QED) is 0.451. The average molecular weight is 469 g/mol. The van der Waals surface area contributed by atoms with E-state index in [1.807, 2.05) is 12.1 Å². The lowest BCUT2D eigenvalue weighted by Crippen LogP contribution is -2.47. The minimum atomic E-state index is -0.393. The third-order valence-corrected chi connectivity index (χ3v) is 6.52. The molecule has 34 heavy (non-hydrogen) atoms. The molecule has 0 unspecified atom stereocenters. The molecule has 1 amide bonds. The van der Waals surface area contributed by atoms with E-state index in [9.17, 15) is 9.18 Å². The van der Waals surface area contributed by atoms with Gasteiger partial charge in [-0.05, 0) is 30.3 Å². The Balaban J connectivity index is 1.20. The molecule has 1 aromatic heterocycles. The third-order valence-electron chi connectivity index (χ3n) is 6.52. The van der Waals surface area contributed by atoms with Crippen LogP contribution in [0.5, 0.6) is 0 Å². The topological polar surface area (TPSA) is 87.2 Å². The van der Waals surface area contributed by atoms with Crippen molar-refractivity contribution in [1.82, 2.24) is 14.8 Å². The molecular formula is C25H29FN4O4. The Morgan fingerprint density at radius 1 is 1.06 bits per heavy atom. The van der Waals surface area contributed by atoms with Gasteiger partial charge in [0.05, 0.1) is 31.1 Å². The number of rotatable bonds is 8. The highest BCUT2D eigenvalue weighted by Gasteiger charge is 2.33. The van der Waals surface area contributed by atoms with Gasteiger partial charge < -0.3 is 24.8 Å². The van der Waals surface area contributed by atoms with Gasteiger partial charge in [-0.1, -0.05) is 0 Å². The first-order valence-corrected chi connectivity index (χ1v) is 11.7. The number of fused-ring (bicyclic) bond motifs is 2. The molecule has 0 spiro atoms. The standard InChI is InChI=1S/C25H29FN4O4/c26-17-1-4-21-20(15-17)23(25(32)28-21)24-19-3-2-18(27-22(19)16-34-24)5-6-29-7-9-30(10-8-29)11-13-33-14-12-31/h1-4,15,31H,5-14,16H2,(H,28,32). The van der Waals surface area contributed by atoms with E-state index in [0.29, 0.717) is 42.4 Å². The number of nitrogens with zero attached hydrogens (tertiary/aromatic N) is 3. The van der Waals surface area contributed by atoms with E-state index in [4.69, 9.17) is 19.6 Å². The number of ether oxygens (including phenoxy) is 2. The number of benzene rings is 1. The number of piperazine rings is 1. The Morgan fingerprint density at radius 3 is 2.65 bits per heavy atom. The molecule has 8 nitrogen and oxygen atoms in total. The smallest absolute Gasteiger partial charge is 0.260 e. The van der Waals surface area contributed by atoms with Crippen LogP contribution in [0.1, 0.15) is 22.5 Å². The van der Waals surface area contributed by atoms with Crippen molar-refractivity contribution in [2.24, 2.45) is 0 Å². The number of hydrogen-bond acceptors (Lipinski definition) is 7. The molecule has 2 N–H and O–H groups in total. The largest absolute Gasteiger partial charge is 0.486 e. The fourth-order valence-electron chi connectivity index (χ4n) is 4.66. The molecule has 1 aromatic carbocycles. The minimum absolute atomic E-state index is 0.0681. The second kappa shape index (κ2) is 10.2. The molecule has 9 heteroatoms. The van der Waals surface area contributed by atoms with Gasteiger partial charge in [-0.3, -0.25) is 14.7 Å². The van der Waals surface area contributed by atoms with E-state index in [1.165, 1.54) is 12.1 Å². The van der Waals surface area contributed by atoms with Crippen LogP contribution in [-0.4, -0.2) is 84.9 Å². The molecule has 3 aliphatic heterocycles. The maximum atomic E-state index is 13.8. The van der Waals surface area contributed by atoms with Crippen molar-refractivity contribution in [1.29, 1.82) is 0 Å². The molecule has 180 valence electrons. The summed E-state index contributed by atoms with van der Waals surface area (Å²) in [5.74, 6) is -0.211. The number of aliphatic hydroxyl groups excluding tert-OH is 1. The predicted molar refractivity (Wildman–Crippen MR) is 125 cm³/mol. The van der Waals surface area contributed by atoms with E-state index in [0.717, 1.165) is 62.6 Å². The average Bonchev–Trinajstić information content (AvgIpc) is 3.40. The van der Waals surface area contributed by atoms with Gasteiger partial charge in [0.15, 0.2) is 0 Å². The number of nitrogens with one attached hydrogen (secondary N) is 1. The van der Waals surface area contributed by atoms with Crippen LogP contribution in [-0.2, 0) is 27.3 Å². The molecule has 0 atom stereocenters. The molecule has 0 bridgehead atoms. The van der Waals surface area contributed by atoms with Gasteiger partial charge in [-0.2, -0.15) is 0 Å². The zero-order valence-corrected chi connectivity index (χ0v) is 19.1. The predicted octanol–water partition coefficient (Wildman–Crippen LogP) is 1.74. The number of aliphatic hydroxyl groups is 1. The first-order valence-electron chi connectivity index (χ1n) is 11.7. The van der Waals surface area contributed by atoms with Gasteiger partial charge in [0.25, 0.3) is 5.91 Å². The number of pyridine rings is 1. The molecule has 1 saturated heterocycles. The normalized spacial score (nSPS) is 20.2. The lowest BCUT2D eigenvalue weighted by Gasteiger charge is -2.34. The Morgan fingerprint density at radius 2 is 1.85 bits per heavy atom. The fraction of sp³-hybridized carbons (Fsp3) is 0.440. The number of amides is 1. The summed E-state index contributed by atoms with van der Waals surface area (Å²) in [6.07, 6.45) is 0.841. The fourth-order valence-corrected chi connectivity index (χ4v) is 4.66. The van der Waals surface area contributed by atoms with Crippen molar-refractivity contribution in [3.63, 3.8) is 0 Å². The van der Waals surface area contributed by atoms with Crippen molar-refractivity contribution in [3.8, 4) is 0 Å². The van der Waals surface area contributed by atoms with Crippen molar-refractivity contribution < 1.29 is 23.8 Å². The second-order valence-corrected chi connectivity index (χ2v) is 8.70. The number of halogens is 1. The summed E-state index contributed by atoms with van der Waals surface area (Å²) in [6, 6.07) is 8.21. The van der Waals surface area contributed by atoms with E-state index in [-0.39, 0.29) is 12.5 Å². The molecule has 2 aromatic rings. The zero-order valence-electron chi connectivity index (χ0n) is 19.1. The lowest BCUT2D eigenvalue weighted by molar-refractivity contribution is -0.110. The monoisotopic (exact) mass is 468 g/mol. The van der Waals surface area contributed by atoms with Crippen LogP contribution in [0.25, 0.3) is 11.3 Å². The van der Waals surface area contributed by atoms with E-state index >= 15 is 0 Å². The Labute approximate surface area is 198 Å². The summed E-state index contributed by atoms with van der Waals surface area (Å²) < 4.78 is 25.0. The van der Waals surface area contributed by atoms with E-state index < -0.39 is 5.82 Å². The number of carbonyl (C=O) groups is 1. The highest BCUT2D eigenvalue weighted by atomic mass is 19.1. The second-order valence-electron chi connectivity index (χ2n) is 8.70.